The third-order valence-corrected chi connectivity index (χ3v) is 4.44. The van der Waals surface area contributed by atoms with Gasteiger partial charge in [0, 0.05) is 15.7 Å². The number of ether oxygens (including phenoxy) is 1. The third-order valence-electron chi connectivity index (χ3n) is 3.91. The molecule has 2 aromatic carbocycles. The number of hydrogen-bond acceptors (Lipinski definition) is 2. The molecule has 3 nitrogen and oxygen atoms in total. The number of para-hydroxylation sites is 1. The van der Waals surface area contributed by atoms with Gasteiger partial charge in [-0.1, -0.05) is 34.1 Å². The second kappa shape index (κ2) is 5.53. The molecule has 0 aromatic heterocycles. The molecule has 0 atom stereocenters. The second-order valence-corrected chi connectivity index (χ2v) is 6.16. The third kappa shape index (κ3) is 2.68. The summed E-state index contributed by atoms with van der Waals surface area (Å²) in [4.78, 5) is 12.7. The van der Waals surface area contributed by atoms with E-state index in [4.69, 9.17) is 4.74 Å². The van der Waals surface area contributed by atoms with E-state index in [2.05, 4.69) is 21.2 Å². The fourth-order valence-electron chi connectivity index (χ4n) is 2.57. The molecule has 1 aliphatic rings. The molecule has 0 saturated heterocycles. The molecule has 1 amide bonds. The van der Waals surface area contributed by atoms with Crippen LogP contribution in [0.5, 0.6) is 5.75 Å². The zero-order valence-electron chi connectivity index (χ0n) is 11.7. The number of anilines is 1. The zero-order chi connectivity index (χ0) is 14.9. The summed E-state index contributed by atoms with van der Waals surface area (Å²) in [5.41, 5.74) is 1.34. The van der Waals surface area contributed by atoms with Gasteiger partial charge >= 0.3 is 0 Å². The number of amides is 1. The van der Waals surface area contributed by atoms with Crippen LogP contribution in [0.1, 0.15) is 18.4 Å². The Labute approximate surface area is 132 Å². The highest BCUT2D eigenvalue weighted by Crippen LogP contribution is 2.51. The van der Waals surface area contributed by atoms with E-state index in [-0.39, 0.29) is 5.91 Å². The van der Waals surface area contributed by atoms with Crippen molar-refractivity contribution < 1.29 is 9.53 Å². The van der Waals surface area contributed by atoms with Crippen LogP contribution in [0.25, 0.3) is 0 Å². The number of carbonyl (C=O) groups is 1. The number of carbonyl (C=O) groups excluding carboxylic acids is 1. The lowest BCUT2D eigenvalue weighted by Crippen LogP contribution is -2.28. The fourth-order valence-corrected chi connectivity index (χ4v) is 2.83. The Hall–Kier alpha value is -1.81. The van der Waals surface area contributed by atoms with Crippen molar-refractivity contribution in [2.45, 2.75) is 18.3 Å². The van der Waals surface area contributed by atoms with Gasteiger partial charge in [-0.15, -0.1) is 0 Å². The average Bonchev–Trinajstić information content (AvgIpc) is 3.31. The van der Waals surface area contributed by atoms with Gasteiger partial charge in [0.15, 0.2) is 0 Å². The van der Waals surface area contributed by atoms with Crippen molar-refractivity contribution in [3.8, 4) is 5.75 Å². The fraction of sp³-hybridized carbons (Fsp3) is 0.235. The first kappa shape index (κ1) is 14.1. The maximum Gasteiger partial charge on any atom is 0.235 e. The summed E-state index contributed by atoms with van der Waals surface area (Å²) in [6.07, 6.45) is 1.71. The molecule has 4 heteroatoms. The zero-order valence-corrected chi connectivity index (χ0v) is 13.3. The maximum atomic E-state index is 12.7. The Morgan fingerprint density at radius 2 is 1.81 bits per heavy atom. The van der Waals surface area contributed by atoms with Gasteiger partial charge in [-0.25, -0.2) is 0 Å². The minimum Gasteiger partial charge on any atom is -0.496 e. The van der Waals surface area contributed by atoms with Crippen LogP contribution in [0.2, 0.25) is 0 Å². The molecule has 1 saturated carbocycles. The highest BCUT2D eigenvalue weighted by Gasteiger charge is 2.52. The Morgan fingerprint density at radius 1 is 1.14 bits per heavy atom. The van der Waals surface area contributed by atoms with Crippen molar-refractivity contribution in [3.63, 3.8) is 0 Å². The van der Waals surface area contributed by atoms with Crippen molar-refractivity contribution in [1.82, 2.24) is 0 Å². The number of hydrogen-bond donors (Lipinski definition) is 1. The Morgan fingerprint density at radius 3 is 2.43 bits per heavy atom. The quantitative estimate of drug-likeness (QED) is 0.904. The first-order valence-electron chi connectivity index (χ1n) is 6.86. The number of halogens is 1. The van der Waals surface area contributed by atoms with Crippen molar-refractivity contribution in [3.05, 3.63) is 58.6 Å². The predicted octanol–water partition coefficient (Wildman–Crippen LogP) is 4.13. The molecule has 0 unspecified atom stereocenters. The van der Waals surface area contributed by atoms with Crippen LogP contribution < -0.4 is 10.1 Å². The molecule has 0 spiro atoms. The highest BCUT2D eigenvalue weighted by molar-refractivity contribution is 9.10. The molecule has 0 radical (unpaired) electrons. The van der Waals surface area contributed by atoms with Crippen LogP contribution in [-0.4, -0.2) is 13.0 Å². The topological polar surface area (TPSA) is 38.3 Å². The molecule has 0 bridgehead atoms. The molecule has 0 heterocycles. The number of methoxy groups -OCH3 is 1. The van der Waals surface area contributed by atoms with Crippen LogP contribution >= 0.6 is 15.9 Å². The number of nitrogens with one attached hydrogen (secondary N) is 1. The van der Waals surface area contributed by atoms with Gasteiger partial charge < -0.3 is 10.1 Å². The van der Waals surface area contributed by atoms with E-state index in [1.807, 2.05) is 48.5 Å². The molecule has 1 aliphatic carbocycles. The van der Waals surface area contributed by atoms with Gasteiger partial charge in [-0.2, -0.15) is 0 Å². The van der Waals surface area contributed by atoms with E-state index in [9.17, 15) is 4.79 Å². The van der Waals surface area contributed by atoms with Crippen LogP contribution in [-0.2, 0) is 10.2 Å². The molecule has 1 fully saturated rings. The largest absolute Gasteiger partial charge is 0.496 e. The minimum absolute atomic E-state index is 0.0364. The Kier molecular flexibility index (Phi) is 3.72. The molecular formula is C17H16BrNO2. The molecular weight excluding hydrogens is 330 g/mol. The smallest absolute Gasteiger partial charge is 0.235 e. The summed E-state index contributed by atoms with van der Waals surface area (Å²) >= 11 is 3.39. The SMILES string of the molecule is COc1ccccc1C1(C(=O)Nc2ccc(Br)cc2)CC1. The normalized spacial score (nSPS) is 15.3. The van der Waals surface area contributed by atoms with E-state index >= 15 is 0 Å². The summed E-state index contributed by atoms with van der Waals surface area (Å²) in [6.45, 7) is 0. The summed E-state index contributed by atoms with van der Waals surface area (Å²) in [5.74, 6) is 0.815. The summed E-state index contributed by atoms with van der Waals surface area (Å²) in [5, 5.41) is 3.01. The van der Waals surface area contributed by atoms with Gasteiger partial charge in [0.25, 0.3) is 0 Å². The molecule has 108 valence electrons. The number of benzene rings is 2. The van der Waals surface area contributed by atoms with Gasteiger partial charge in [0.05, 0.1) is 12.5 Å². The first-order valence-corrected chi connectivity index (χ1v) is 7.65. The van der Waals surface area contributed by atoms with Crippen LogP contribution in [0.3, 0.4) is 0 Å². The summed E-state index contributed by atoms with van der Waals surface area (Å²) < 4.78 is 6.39. The molecule has 3 rings (SSSR count). The Balaban J connectivity index is 1.85. The van der Waals surface area contributed by atoms with E-state index < -0.39 is 5.41 Å². The summed E-state index contributed by atoms with van der Waals surface area (Å²) in [6, 6.07) is 15.4. The lowest BCUT2D eigenvalue weighted by Gasteiger charge is -2.18. The minimum atomic E-state index is -0.445. The lowest BCUT2D eigenvalue weighted by atomic mass is 9.94. The maximum absolute atomic E-state index is 12.7. The average molecular weight is 346 g/mol. The molecule has 21 heavy (non-hydrogen) atoms. The lowest BCUT2D eigenvalue weighted by molar-refractivity contribution is -0.118. The van der Waals surface area contributed by atoms with E-state index in [1.165, 1.54) is 0 Å². The van der Waals surface area contributed by atoms with Crippen LogP contribution in [0.15, 0.2) is 53.0 Å². The molecule has 2 aromatic rings. The predicted molar refractivity (Wildman–Crippen MR) is 86.7 cm³/mol. The van der Waals surface area contributed by atoms with Crippen molar-refractivity contribution in [1.29, 1.82) is 0 Å². The van der Waals surface area contributed by atoms with E-state index in [1.54, 1.807) is 7.11 Å². The monoisotopic (exact) mass is 345 g/mol. The number of rotatable bonds is 4. The highest BCUT2D eigenvalue weighted by atomic mass is 79.9. The van der Waals surface area contributed by atoms with Gasteiger partial charge in [0.1, 0.15) is 5.75 Å². The van der Waals surface area contributed by atoms with Crippen LogP contribution in [0.4, 0.5) is 5.69 Å². The van der Waals surface area contributed by atoms with Crippen molar-refractivity contribution >= 4 is 27.5 Å². The van der Waals surface area contributed by atoms with Gasteiger partial charge in [-0.05, 0) is 43.2 Å². The molecule has 1 N–H and O–H groups in total. The summed E-state index contributed by atoms with van der Waals surface area (Å²) in [7, 11) is 1.64. The first-order chi connectivity index (χ1) is 10.2. The van der Waals surface area contributed by atoms with Crippen molar-refractivity contribution in [2.75, 3.05) is 12.4 Å². The second-order valence-electron chi connectivity index (χ2n) is 5.24. The van der Waals surface area contributed by atoms with E-state index in [0.29, 0.717) is 0 Å². The Bertz CT molecular complexity index is 663. The molecule has 0 aliphatic heterocycles. The van der Waals surface area contributed by atoms with Crippen LogP contribution in [0, 0.1) is 0 Å². The standard InChI is InChI=1S/C17H16BrNO2/c1-21-15-5-3-2-4-14(15)17(10-11-17)16(20)19-13-8-6-12(18)7-9-13/h2-9H,10-11H2,1H3,(H,19,20). The van der Waals surface area contributed by atoms with E-state index in [0.717, 1.165) is 34.3 Å². The van der Waals surface area contributed by atoms with Gasteiger partial charge in [-0.3, -0.25) is 4.79 Å². The van der Waals surface area contributed by atoms with Gasteiger partial charge in [0.2, 0.25) is 5.91 Å². The van der Waals surface area contributed by atoms with Crippen molar-refractivity contribution in [2.24, 2.45) is 0 Å².